The normalized spacial score (nSPS) is 11.4. The summed E-state index contributed by atoms with van der Waals surface area (Å²) in [4.78, 5) is 21.2. The van der Waals surface area contributed by atoms with Crippen LogP contribution in [0, 0.1) is 10.1 Å². The Balaban J connectivity index is 2.84. The zero-order chi connectivity index (χ0) is 15.0. The minimum atomic E-state index is -0.512. The van der Waals surface area contributed by atoms with E-state index < -0.39 is 10.9 Å². The second-order valence-electron chi connectivity index (χ2n) is 3.75. The van der Waals surface area contributed by atoms with Crippen molar-refractivity contribution in [2.75, 3.05) is 6.61 Å². The first-order valence-electron chi connectivity index (χ1n) is 5.96. The highest BCUT2D eigenvalue weighted by Gasteiger charge is 2.06. The Kier molecular flexibility index (Phi) is 5.96. The van der Waals surface area contributed by atoms with Crippen molar-refractivity contribution in [2.45, 2.75) is 13.8 Å². The zero-order valence-corrected chi connectivity index (χ0v) is 11.2. The van der Waals surface area contributed by atoms with Crippen LogP contribution in [0.3, 0.4) is 0 Å². The van der Waals surface area contributed by atoms with Gasteiger partial charge in [0.1, 0.15) is 5.75 Å². The summed E-state index contributed by atoms with van der Waals surface area (Å²) < 4.78 is 9.99. The number of nitrogens with zero attached hydrogens (tertiary/aromatic N) is 1. The number of rotatable bonds is 6. The third kappa shape index (κ3) is 4.93. The summed E-state index contributed by atoms with van der Waals surface area (Å²) in [6, 6.07) is 6.79. The number of carbonyl (C=O) groups excluding carboxylic acids is 1. The van der Waals surface area contributed by atoms with Gasteiger partial charge in [0, 0.05) is 18.6 Å². The van der Waals surface area contributed by atoms with E-state index in [1.165, 1.54) is 19.3 Å². The molecule has 1 aromatic carbocycles. The van der Waals surface area contributed by atoms with E-state index in [9.17, 15) is 14.9 Å². The molecule has 0 spiro atoms. The number of para-hydroxylation sites is 1. The fraction of sp³-hybridized carbons (Fsp3) is 0.214. The van der Waals surface area contributed by atoms with Crippen LogP contribution in [0.2, 0.25) is 0 Å². The van der Waals surface area contributed by atoms with Crippen molar-refractivity contribution >= 4 is 12.0 Å². The molecule has 20 heavy (non-hydrogen) atoms. The quantitative estimate of drug-likeness (QED) is 0.262. The minimum Gasteiger partial charge on any atom is -0.464 e. The van der Waals surface area contributed by atoms with E-state index in [-0.39, 0.29) is 12.3 Å². The first-order valence-corrected chi connectivity index (χ1v) is 5.96. The summed E-state index contributed by atoms with van der Waals surface area (Å²) in [5, 5.41) is 10.6. The van der Waals surface area contributed by atoms with Crippen molar-refractivity contribution < 1.29 is 19.2 Å². The number of benzene rings is 1. The Hall–Kier alpha value is -2.63. The lowest BCUT2D eigenvalue weighted by Gasteiger charge is -2.04. The lowest BCUT2D eigenvalue weighted by molar-refractivity contribution is -0.422. The average molecular weight is 277 g/mol. The van der Waals surface area contributed by atoms with Crippen molar-refractivity contribution in [3.63, 3.8) is 0 Å². The van der Waals surface area contributed by atoms with Crippen LogP contribution in [-0.4, -0.2) is 17.5 Å². The fourth-order valence-corrected chi connectivity index (χ4v) is 1.34. The summed E-state index contributed by atoms with van der Waals surface area (Å²) in [5.41, 5.74) is 0.547. The molecular formula is C14H15NO5. The lowest BCUT2D eigenvalue weighted by Crippen LogP contribution is -2.00. The molecule has 0 N–H and O–H groups in total. The van der Waals surface area contributed by atoms with E-state index in [0.29, 0.717) is 11.3 Å². The summed E-state index contributed by atoms with van der Waals surface area (Å²) >= 11 is 0. The molecule has 0 saturated heterocycles. The summed E-state index contributed by atoms with van der Waals surface area (Å²) in [7, 11) is 0. The number of hydrogen-bond acceptors (Lipinski definition) is 5. The van der Waals surface area contributed by atoms with Gasteiger partial charge >= 0.3 is 5.97 Å². The third-order valence-electron chi connectivity index (χ3n) is 2.26. The molecular weight excluding hydrogens is 262 g/mol. The van der Waals surface area contributed by atoms with Crippen LogP contribution in [0.4, 0.5) is 0 Å². The topological polar surface area (TPSA) is 78.7 Å². The summed E-state index contributed by atoms with van der Waals surface area (Å²) in [5.74, 6) is -0.101. The van der Waals surface area contributed by atoms with Crippen LogP contribution in [-0.2, 0) is 9.53 Å². The zero-order valence-electron chi connectivity index (χ0n) is 11.2. The molecule has 106 valence electrons. The first-order chi connectivity index (χ1) is 9.54. The van der Waals surface area contributed by atoms with Crippen molar-refractivity contribution in [1.82, 2.24) is 0 Å². The van der Waals surface area contributed by atoms with E-state index in [1.54, 1.807) is 31.2 Å². The van der Waals surface area contributed by atoms with Crippen molar-refractivity contribution in [2.24, 2.45) is 0 Å². The van der Waals surface area contributed by atoms with Gasteiger partial charge < -0.3 is 9.47 Å². The number of esters is 1. The average Bonchev–Trinajstić information content (AvgIpc) is 2.40. The number of nitro groups is 1. The number of allylic oxidation sites excluding steroid dienone is 1. The maximum absolute atomic E-state index is 11.1. The SMILES string of the molecule is CCOC(=O)/C=C/Oc1ccccc1/C=C(\C)[N+](=O)[O-]. The molecule has 0 radical (unpaired) electrons. The largest absolute Gasteiger partial charge is 0.464 e. The Morgan fingerprint density at radius 3 is 2.75 bits per heavy atom. The second kappa shape index (κ2) is 7.73. The predicted molar refractivity (Wildman–Crippen MR) is 73.5 cm³/mol. The van der Waals surface area contributed by atoms with Gasteiger partial charge in [0.15, 0.2) is 0 Å². The molecule has 0 aliphatic heterocycles. The fourth-order valence-electron chi connectivity index (χ4n) is 1.34. The van der Waals surface area contributed by atoms with Crippen LogP contribution in [0.5, 0.6) is 5.75 Å². The Bertz CT molecular complexity index is 548. The van der Waals surface area contributed by atoms with Crippen LogP contribution in [0.1, 0.15) is 19.4 Å². The molecule has 1 rings (SSSR count). The standard InChI is InChI=1S/C14H15NO5/c1-3-19-14(16)8-9-20-13-7-5-4-6-12(13)10-11(2)15(17)18/h4-10H,3H2,1-2H3/b9-8+,11-10+. The number of hydrogen-bond donors (Lipinski definition) is 0. The first kappa shape index (κ1) is 15.4. The molecule has 0 aromatic heterocycles. The molecule has 0 fully saturated rings. The molecule has 6 heteroatoms. The molecule has 0 bridgehead atoms. The summed E-state index contributed by atoms with van der Waals surface area (Å²) in [6.45, 7) is 3.38. The molecule has 0 unspecified atom stereocenters. The van der Waals surface area contributed by atoms with Crippen LogP contribution < -0.4 is 4.74 Å². The maximum atomic E-state index is 11.1. The van der Waals surface area contributed by atoms with Crippen molar-refractivity contribution in [1.29, 1.82) is 0 Å². The van der Waals surface area contributed by atoms with E-state index in [0.717, 1.165) is 6.08 Å². The van der Waals surface area contributed by atoms with E-state index in [1.807, 2.05) is 0 Å². The maximum Gasteiger partial charge on any atom is 0.333 e. The molecule has 0 aliphatic rings. The van der Waals surface area contributed by atoms with Crippen molar-refractivity contribution in [3.05, 3.63) is 58.0 Å². The van der Waals surface area contributed by atoms with Gasteiger partial charge in [-0.25, -0.2) is 4.79 Å². The van der Waals surface area contributed by atoms with Gasteiger partial charge in [-0.3, -0.25) is 10.1 Å². The van der Waals surface area contributed by atoms with E-state index in [4.69, 9.17) is 9.47 Å². The minimum absolute atomic E-state index is 0.00424. The summed E-state index contributed by atoms with van der Waals surface area (Å²) in [6.07, 6.45) is 3.73. The van der Waals surface area contributed by atoms with Gasteiger partial charge in [0.05, 0.1) is 23.9 Å². The van der Waals surface area contributed by atoms with Crippen LogP contribution >= 0.6 is 0 Å². The van der Waals surface area contributed by atoms with Gasteiger partial charge in [0.2, 0.25) is 5.70 Å². The number of ether oxygens (including phenoxy) is 2. The van der Waals surface area contributed by atoms with Gasteiger partial charge in [-0.15, -0.1) is 0 Å². The Morgan fingerprint density at radius 1 is 1.40 bits per heavy atom. The monoisotopic (exact) mass is 277 g/mol. The van der Waals surface area contributed by atoms with Gasteiger partial charge in [0.25, 0.3) is 0 Å². The van der Waals surface area contributed by atoms with Gasteiger partial charge in [-0.1, -0.05) is 18.2 Å². The molecule has 0 atom stereocenters. The molecule has 0 amide bonds. The van der Waals surface area contributed by atoms with E-state index in [2.05, 4.69) is 0 Å². The number of carbonyl (C=O) groups is 1. The van der Waals surface area contributed by atoms with Crippen molar-refractivity contribution in [3.8, 4) is 5.75 Å². The highest BCUT2D eigenvalue weighted by molar-refractivity contribution is 5.81. The molecule has 6 nitrogen and oxygen atoms in total. The predicted octanol–water partition coefficient (Wildman–Crippen LogP) is 2.78. The van der Waals surface area contributed by atoms with E-state index >= 15 is 0 Å². The molecule has 1 aromatic rings. The molecule has 0 heterocycles. The lowest BCUT2D eigenvalue weighted by atomic mass is 10.2. The van der Waals surface area contributed by atoms with Gasteiger partial charge in [-0.2, -0.15) is 0 Å². The Labute approximate surface area is 116 Å². The smallest absolute Gasteiger partial charge is 0.333 e. The van der Waals surface area contributed by atoms with Crippen LogP contribution in [0.25, 0.3) is 6.08 Å². The highest BCUT2D eigenvalue weighted by Crippen LogP contribution is 2.21. The van der Waals surface area contributed by atoms with Crippen LogP contribution in [0.15, 0.2) is 42.3 Å². The second-order valence-corrected chi connectivity index (χ2v) is 3.75. The Morgan fingerprint density at radius 2 is 2.10 bits per heavy atom. The molecule has 0 saturated carbocycles. The highest BCUT2D eigenvalue weighted by atomic mass is 16.6. The third-order valence-corrected chi connectivity index (χ3v) is 2.26. The van der Waals surface area contributed by atoms with Gasteiger partial charge in [-0.05, 0) is 13.0 Å². The molecule has 0 aliphatic carbocycles.